The molecule has 0 aliphatic carbocycles. The molecule has 0 spiro atoms. The van der Waals surface area contributed by atoms with Crippen LogP contribution in [-0.2, 0) is 14.8 Å². The number of allylic oxidation sites excluding steroid dienone is 1. The Kier molecular flexibility index (Phi) is 10.4. The van der Waals surface area contributed by atoms with Crippen molar-refractivity contribution in [2.75, 3.05) is 7.11 Å². The largest absolute Gasteiger partial charge is 0.497 e. The normalized spacial score (nSPS) is 11.6. The Labute approximate surface area is 191 Å². The number of amides is 1. The highest BCUT2D eigenvalue weighted by Crippen LogP contribution is 2.26. The van der Waals surface area contributed by atoms with E-state index < -0.39 is 15.9 Å². The number of ether oxygens (including phenoxy) is 1. The van der Waals surface area contributed by atoms with Crippen LogP contribution >= 0.6 is 34.8 Å². The SMILES string of the molecule is CC=N/C(=C\C)C(=O)NS(=O)(=O)c1cc(OC)ccc1Cl.Cc1cccc(Cl)c1Cl. The second-order valence-electron chi connectivity index (χ2n) is 5.66. The molecule has 0 fully saturated rings. The summed E-state index contributed by atoms with van der Waals surface area (Å²) in [4.78, 5) is 15.4. The lowest BCUT2D eigenvalue weighted by molar-refractivity contribution is -0.115. The van der Waals surface area contributed by atoms with Crippen LogP contribution in [0.1, 0.15) is 19.4 Å². The minimum Gasteiger partial charge on any atom is -0.497 e. The predicted octanol–water partition coefficient (Wildman–Crippen LogP) is 5.45. The molecule has 0 heterocycles. The van der Waals surface area contributed by atoms with E-state index in [2.05, 4.69) is 4.99 Å². The number of carbonyl (C=O) groups is 1. The second-order valence-corrected chi connectivity index (χ2v) is 8.51. The number of methoxy groups -OCH3 is 1. The van der Waals surface area contributed by atoms with Crippen LogP contribution in [0.15, 0.2) is 58.1 Å². The number of aryl methyl sites for hydroxylation is 1. The van der Waals surface area contributed by atoms with Gasteiger partial charge < -0.3 is 4.74 Å². The van der Waals surface area contributed by atoms with Crippen molar-refractivity contribution in [3.63, 3.8) is 0 Å². The number of nitrogens with one attached hydrogen (secondary N) is 1. The molecule has 0 aromatic heterocycles. The first kappa shape index (κ1) is 26.0. The topological polar surface area (TPSA) is 84.8 Å². The summed E-state index contributed by atoms with van der Waals surface area (Å²) in [6, 6.07) is 9.70. The summed E-state index contributed by atoms with van der Waals surface area (Å²) in [7, 11) is -2.73. The van der Waals surface area contributed by atoms with Crippen molar-refractivity contribution < 1.29 is 17.9 Å². The fourth-order valence-corrected chi connectivity index (χ4v) is 3.89. The summed E-state index contributed by atoms with van der Waals surface area (Å²) in [5.41, 5.74) is 1.00. The van der Waals surface area contributed by atoms with Crippen LogP contribution in [0.25, 0.3) is 0 Å². The van der Waals surface area contributed by atoms with Gasteiger partial charge in [-0.3, -0.25) is 9.79 Å². The maximum absolute atomic E-state index is 12.2. The summed E-state index contributed by atoms with van der Waals surface area (Å²) >= 11 is 17.3. The Balaban J connectivity index is 0.000000414. The fourth-order valence-electron chi connectivity index (χ4n) is 2.06. The Hall–Kier alpha value is -2.06. The summed E-state index contributed by atoms with van der Waals surface area (Å²) < 4.78 is 31.3. The Morgan fingerprint density at radius 2 is 1.77 bits per heavy atom. The number of rotatable bonds is 5. The number of benzene rings is 2. The molecule has 0 saturated heterocycles. The van der Waals surface area contributed by atoms with Crippen molar-refractivity contribution in [1.29, 1.82) is 0 Å². The number of sulfonamides is 1. The van der Waals surface area contributed by atoms with Gasteiger partial charge >= 0.3 is 0 Å². The Morgan fingerprint density at radius 3 is 2.27 bits per heavy atom. The summed E-state index contributed by atoms with van der Waals surface area (Å²) in [6.07, 6.45) is 2.79. The number of nitrogens with zero attached hydrogens (tertiary/aromatic N) is 1. The summed E-state index contributed by atoms with van der Waals surface area (Å²) in [6.45, 7) is 5.12. The van der Waals surface area contributed by atoms with E-state index in [0.29, 0.717) is 15.8 Å². The van der Waals surface area contributed by atoms with Crippen molar-refractivity contribution in [1.82, 2.24) is 4.72 Å². The minimum absolute atomic E-state index is 0.0138. The van der Waals surface area contributed by atoms with Crippen LogP contribution in [0.4, 0.5) is 0 Å². The molecule has 10 heteroatoms. The molecule has 2 aromatic rings. The van der Waals surface area contributed by atoms with Gasteiger partial charge in [0.2, 0.25) is 0 Å². The molecule has 2 aromatic carbocycles. The van der Waals surface area contributed by atoms with Gasteiger partial charge in [-0.15, -0.1) is 0 Å². The summed E-state index contributed by atoms with van der Waals surface area (Å²) in [5, 5.41) is 1.26. The average Bonchev–Trinajstić information content (AvgIpc) is 2.70. The molecule has 1 N–H and O–H groups in total. The maximum atomic E-state index is 12.2. The molecule has 0 aliphatic rings. The molecule has 162 valence electrons. The van der Waals surface area contributed by atoms with Crippen LogP contribution in [0.5, 0.6) is 5.75 Å². The van der Waals surface area contributed by atoms with Crippen LogP contribution in [0, 0.1) is 6.92 Å². The fraction of sp³-hybridized carbons (Fsp3) is 0.200. The molecule has 0 saturated carbocycles. The first-order valence-electron chi connectivity index (χ1n) is 8.53. The molecule has 2 rings (SSSR count). The van der Waals surface area contributed by atoms with Crippen molar-refractivity contribution in [3.05, 3.63) is 68.8 Å². The molecule has 30 heavy (non-hydrogen) atoms. The first-order valence-corrected chi connectivity index (χ1v) is 11.1. The molecular formula is C20H21Cl3N2O4S. The smallest absolute Gasteiger partial charge is 0.283 e. The number of hydrogen-bond acceptors (Lipinski definition) is 5. The molecule has 0 atom stereocenters. The van der Waals surface area contributed by atoms with E-state index in [9.17, 15) is 13.2 Å². The van der Waals surface area contributed by atoms with E-state index in [4.69, 9.17) is 39.5 Å². The number of aliphatic imine (C=N–C) groups is 1. The molecule has 0 unspecified atom stereocenters. The van der Waals surface area contributed by atoms with Crippen molar-refractivity contribution in [2.24, 2.45) is 4.99 Å². The standard InChI is InChI=1S/C13H15ClN2O4S.C7H6Cl2/c1-4-11(15-5-2)13(17)16-21(18,19)12-8-9(20-3)6-7-10(12)14;1-5-3-2-4-6(8)7(5)9/h4-8H,1-3H3,(H,16,17);2-4H,1H3/b11-4-,15-5?;. The zero-order chi connectivity index (χ0) is 22.9. The van der Waals surface area contributed by atoms with Crippen LogP contribution < -0.4 is 9.46 Å². The van der Waals surface area contributed by atoms with Gasteiger partial charge in [-0.1, -0.05) is 53.0 Å². The van der Waals surface area contributed by atoms with Crippen molar-refractivity contribution in [3.8, 4) is 5.75 Å². The van der Waals surface area contributed by atoms with Crippen LogP contribution in [0.3, 0.4) is 0 Å². The predicted molar refractivity (Wildman–Crippen MR) is 122 cm³/mol. The summed E-state index contributed by atoms with van der Waals surface area (Å²) in [5.74, 6) is -0.528. The van der Waals surface area contributed by atoms with E-state index >= 15 is 0 Å². The van der Waals surface area contributed by atoms with E-state index in [-0.39, 0.29) is 15.6 Å². The molecule has 0 aliphatic heterocycles. The van der Waals surface area contributed by atoms with Gasteiger partial charge in [-0.05, 0) is 44.5 Å². The second kappa shape index (κ2) is 12.0. The molecule has 0 radical (unpaired) electrons. The minimum atomic E-state index is -4.12. The van der Waals surface area contributed by atoms with Crippen LogP contribution in [0.2, 0.25) is 15.1 Å². The van der Waals surface area contributed by atoms with Gasteiger partial charge in [-0.25, -0.2) is 13.1 Å². The quantitative estimate of drug-likeness (QED) is 0.445. The van der Waals surface area contributed by atoms with Gasteiger partial charge in [0.25, 0.3) is 15.9 Å². The van der Waals surface area contributed by atoms with E-state index in [1.165, 1.54) is 37.6 Å². The zero-order valence-corrected chi connectivity index (χ0v) is 19.8. The van der Waals surface area contributed by atoms with Crippen LogP contribution in [-0.4, -0.2) is 27.6 Å². The van der Waals surface area contributed by atoms with Gasteiger partial charge in [0.1, 0.15) is 16.3 Å². The average molecular weight is 492 g/mol. The Morgan fingerprint density at radius 1 is 1.10 bits per heavy atom. The van der Waals surface area contributed by atoms with Crippen molar-refractivity contribution >= 4 is 56.9 Å². The lowest BCUT2D eigenvalue weighted by Crippen LogP contribution is -2.31. The third-order valence-corrected chi connectivity index (χ3v) is 6.30. The van der Waals surface area contributed by atoms with Gasteiger partial charge in [-0.2, -0.15) is 0 Å². The highest BCUT2D eigenvalue weighted by Gasteiger charge is 2.23. The Bertz CT molecular complexity index is 1050. The molecule has 1 amide bonds. The molecular weight excluding hydrogens is 471 g/mol. The molecule has 0 bridgehead atoms. The van der Waals surface area contributed by atoms with Gasteiger partial charge in [0, 0.05) is 12.3 Å². The lowest BCUT2D eigenvalue weighted by atomic mass is 10.2. The maximum Gasteiger partial charge on any atom is 0.283 e. The molecule has 6 nitrogen and oxygen atoms in total. The third kappa shape index (κ3) is 7.32. The van der Waals surface area contributed by atoms with Gasteiger partial charge in [0.15, 0.2) is 0 Å². The van der Waals surface area contributed by atoms with E-state index in [0.717, 1.165) is 5.56 Å². The number of carbonyl (C=O) groups excluding carboxylic acids is 1. The zero-order valence-electron chi connectivity index (χ0n) is 16.7. The first-order chi connectivity index (χ1) is 14.1. The van der Waals surface area contributed by atoms with E-state index in [1.807, 2.05) is 23.8 Å². The highest BCUT2D eigenvalue weighted by atomic mass is 35.5. The van der Waals surface area contributed by atoms with E-state index in [1.54, 1.807) is 19.9 Å². The third-order valence-electron chi connectivity index (χ3n) is 3.57. The number of halogens is 3. The van der Waals surface area contributed by atoms with Crippen molar-refractivity contribution in [2.45, 2.75) is 25.7 Å². The monoisotopic (exact) mass is 490 g/mol. The highest BCUT2D eigenvalue weighted by molar-refractivity contribution is 7.90. The number of hydrogen-bond donors (Lipinski definition) is 1. The lowest BCUT2D eigenvalue weighted by Gasteiger charge is -2.10. The van der Waals surface area contributed by atoms with Gasteiger partial charge in [0.05, 0.1) is 22.2 Å².